The van der Waals surface area contributed by atoms with Crippen molar-refractivity contribution in [2.24, 2.45) is 0 Å². The highest BCUT2D eigenvalue weighted by atomic mass is 31.2. The number of aliphatic hydroxyl groups is 1. The van der Waals surface area contributed by atoms with Crippen LogP contribution in [0.25, 0.3) is 0 Å². The molecule has 0 heterocycles. The van der Waals surface area contributed by atoms with Crippen molar-refractivity contribution in [1.82, 2.24) is 5.32 Å². The molecule has 0 bridgehead atoms. The third kappa shape index (κ3) is 42.1. The third-order valence-corrected chi connectivity index (χ3v) is 10.8. The van der Waals surface area contributed by atoms with Crippen LogP contribution >= 0.6 is 7.82 Å². The summed E-state index contributed by atoms with van der Waals surface area (Å²) in [5, 5.41) is 13.8. The largest absolute Gasteiger partial charge is 0.472 e. The average Bonchev–Trinajstić information content (AvgIpc) is 3.17. The molecule has 3 N–H and O–H groups in total. The molecule has 1 amide bonds. The fraction of sp³-hybridized carbons (Fsp3) is 0.735. The van der Waals surface area contributed by atoms with Crippen LogP contribution < -0.4 is 5.32 Å². The van der Waals surface area contributed by atoms with Gasteiger partial charge in [-0.2, -0.15) is 0 Å². The van der Waals surface area contributed by atoms with Gasteiger partial charge in [-0.25, -0.2) is 4.57 Å². The lowest BCUT2D eigenvalue weighted by Gasteiger charge is -2.25. The first kappa shape index (κ1) is 55.9. The van der Waals surface area contributed by atoms with Gasteiger partial charge in [-0.3, -0.25) is 13.8 Å². The topological polar surface area (TPSA) is 105 Å². The van der Waals surface area contributed by atoms with Gasteiger partial charge in [-0.1, -0.05) is 170 Å². The second-order valence-electron chi connectivity index (χ2n) is 16.8. The van der Waals surface area contributed by atoms with E-state index < -0.39 is 20.0 Å². The van der Waals surface area contributed by atoms with E-state index in [1.165, 1.54) is 96.3 Å². The molecule has 58 heavy (non-hydrogen) atoms. The average molecular weight is 834 g/mol. The second kappa shape index (κ2) is 40.4. The van der Waals surface area contributed by atoms with Crippen molar-refractivity contribution in [3.05, 3.63) is 72.9 Å². The molecule has 3 unspecified atom stereocenters. The molecule has 0 aliphatic rings. The first-order valence-electron chi connectivity index (χ1n) is 23.3. The lowest BCUT2D eigenvalue weighted by molar-refractivity contribution is -0.870. The molecule has 9 heteroatoms. The van der Waals surface area contributed by atoms with E-state index in [0.717, 1.165) is 64.2 Å². The van der Waals surface area contributed by atoms with E-state index in [0.29, 0.717) is 17.4 Å². The van der Waals surface area contributed by atoms with Crippen molar-refractivity contribution in [2.45, 2.75) is 193 Å². The lowest BCUT2D eigenvalue weighted by atomic mass is 10.0. The Morgan fingerprint density at radius 2 is 1.03 bits per heavy atom. The fourth-order valence-corrected chi connectivity index (χ4v) is 6.88. The molecule has 0 aromatic carbocycles. The number of hydrogen-bond donors (Lipinski definition) is 3. The summed E-state index contributed by atoms with van der Waals surface area (Å²) in [5.74, 6) is -0.200. The van der Waals surface area contributed by atoms with E-state index in [9.17, 15) is 19.4 Å². The minimum atomic E-state index is -4.35. The number of rotatable bonds is 41. The number of phosphoric ester groups is 1. The Kier molecular flexibility index (Phi) is 38.9. The Morgan fingerprint density at radius 3 is 1.55 bits per heavy atom. The molecule has 0 spiro atoms. The van der Waals surface area contributed by atoms with Gasteiger partial charge >= 0.3 is 7.82 Å². The normalized spacial score (nSPS) is 14.9. The van der Waals surface area contributed by atoms with Crippen LogP contribution in [-0.4, -0.2) is 73.4 Å². The summed E-state index contributed by atoms with van der Waals surface area (Å²) < 4.78 is 23.5. The number of nitrogens with one attached hydrogen (secondary N) is 1. The summed E-state index contributed by atoms with van der Waals surface area (Å²) in [4.78, 5) is 23.1. The Bertz CT molecular complexity index is 1170. The molecule has 0 saturated carbocycles. The number of hydrogen-bond acceptors (Lipinski definition) is 5. The highest BCUT2D eigenvalue weighted by Gasteiger charge is 2.27. The Morgan fingerprint density at radius 1 is 0.586 bits per heavy atom. The maximum absolute atomic E-state index is 12.9. The Labute approximate surface area is 357 Å². The minimum absolute atomic E-state index is 0.0493. The van der Waals surface area contributed by atoms with Crippen LogP contribution in [0.3, 0.4) is 0 Å². The number of likely N-dealkylation sites (N-methyl/N-ethyl adjacent to an activating group) is 1. The van der Waals surface area contributed by atoms with Crippen molar-refractivity contribution in [2.75, 3.05) is 40.9 Å². The molecule has 0 rings (SSSR count). The summed E-state index contributed by atoms with van der Waals surface area (Å²) in [6.45, 7) is 4.67. The zero-order valence-electron chi connectivity index (χ0n) is 38.0. The SMILES string of the molecule is CCC/C=C/CC/C=C/CC/C=C/C(O)C(COP(=O)(O)OCC[N+](C)(C)C)NC(=O)CCCCCCCCCCCC/C=C\C/C=C\C/C=C\CCCCCCC. The van der Waals surface area contributed by atoms with Gasteiger partial charge in [0.05, 0.1) is 39.9 Å². The minimum Gasteiger partial charge on any atom is -0.387 e. The maximum atomic E-state index is 12.9. The van der Waals surface area contributed by atoms with E-state index >= 15 is 0 Å². The zero-order valence-corrected chi connectivity index (χ0v) is 38.9. The zero-order chi connectivity index (χ0) is 42.8. The molecule has 3 atom stereocenters. The number of amides is 1. The Hall–Kier alpha value is -2.06. The quantitative estimate of drug-likeness (QED) is 0.0245. The highest BCUT2D eigenvalue weighted by Crippen LogP contribution is 2.43. The molecule has 0 saturated heterocycles. The van der Waals surface area contributed by atoms with Crippen molar-refractivity contribution >= 4 is 13.7 Å². The first-order chi connectivity index (χ1) is 28.0. The molecule has 0 fully saturated rings. The van der Waals surface area contributed by atoms with E-state index in [2.05, 4.69) is 79.9 Å². The van der Waals surface area contributed by atoms with Crippen LogP contribution in [0, 0.1) is 0 Å². The maximum Gasteiger partial charge on any atom is 0.472 e. The fourth-order valence-electron chi connectivity index (χ4n) is 6.14. The molecular formula is C49H90N2O6P+. The van der Waals surface area contributed by atoms with E-state index in [1.54, 1.807) is 6.08 Å². The van der Waals surface area contributed by atoms with Crippen LogP contribution in [0.4, 0.5) is 0 Å². The van der Waals surface area contributed by atoms with Crippen molar-refractivity contribution in [3.63, 3.8) is 0 Å². The number of carbonyl (C=O) groups excluding carboxylic acids is 1. The van der Waals surface area contributed by atoms with Crippen molar-refractivity contribution in [1.29, 1.82) is 0 Å². The second-order valence-corrected chi connectivity index (χ2v) is 18.2. The summed E-state index contributed by atoms with van der Waals surface area (Å²) in [5.41, 5.74) is 0. The van der Waals surface area contributed by atoms with Crippen LogP contribution in [0.15, 0.2) is 72.9 Å². The predicted molar refractivity (Wildman–Crippen MR) is 249 cm³/mol. The van der Waals surface area contributed by atoms with Crippen LogP contribution in [0.2, 0.25) is 0 Å². The van der Waals surface area contributed by atoms with Crippen LogP contribution in [0.5, 0.6) is 0 Å². The molecular weight excluding hydrogens is 744 g/mol. The number of carbonyl (C=O) groups is 1. The van der Waals surface area contributed by atoms with Gasteiger partial charge in [0.25, 0.3) is 0 Å². The number of allylic oxidation sites excluding steroid dienone is 11. The van der Waals surface area contributed by atoms with Crippen LogP contribution in [0.1, 0.15) is 181 Å². The van der Waals surface area contributed by atoms with Gasteiger partial charge in [0.15, 0.2) is 0 Å². The number of unbranched alkanes of at least 4 members (excludes halogenated alkanes) is 18. The summed E-state index contributed by atoms with van der Waals surface area (Å²) in [7, 11) is 1.53. The van der Waals surface area contributed by atoms with E-state index in [1.807, 2.05) is 27.2 Å². The van der Waals surface area contributed by atoms with Gasteiger partial charge in [0, 0.05) is 6.42 Å². The molecule has 0 aliphatic carbocycles. The first-order valence-corrected chi connectivity index (χ1v) is 24.8. The number of aliphatic hydroxyl groups excluding tert-OH is 1. The van der Waals surface area contributed by atoms with Gasteiger partial charge < -0.3 is 19.8 Å². The van der Waals surface area contributed by atoms with Crippen molar-refractivity contribution < 1.29 is 32.9 Å². The molecule has 336 valence electrons. The summed E-state index contributed by atoms with van der Waals surface area (Å²) in [6, 6.07) is -0.873. The number of phosphoric acid groups is 1. The molecule has 0 aromatic heterocycles. The highest BCUT2D eigenvalue weighted by molar-refractivity contribution is 7.47. The smallest absolute Gasteiger partial charge is 0.387 e. The van der Waals surface area contributed by atoms with Gasteiger partial charge in [-0.15, -0.1) is 0 Å². The third-order valence-electron chi connectivity index (χ3n) is 9.86. The van der Waals surface area contributed by atoms with E-state index in [4.69, 9.17) is 9.05 Å². The predicted octanol–water partition coefficient (Wildman–Crippen LogP) is 13.2. The number of quaternary nitrogens is 1. The summed E-state index contributed by atoms with van der Waals surface area (Å²) in [6.07, 6.45) is 54.2. The van der Waals surface area contributed by atoms with Gasteiger partial charge in [0.2, 0.25) is 5.91 Å². The number of nitrogens with zero attached hydrogens (tertiary/aromatic N) is 1. The molecule has 0 aromatic rings. The summed E-state index contributed by atoms with van der Waals surface area (Å²) >= 11 is 0. The molecule has 8 nitrogen and oxygen atoms in total. The van der Waals surface area contributed by atoms with Crippen LogP contribution in [-0.2, 0) is 18.4 Å². The molecule has 0 aliphatic heterocycles. The standard InChI is InChI=1S/C49H89N2O6P/c1-6-8-10-12-14-16-18-19-20-21-22-23-24-25-26-27-28-29-30-31-33-35-37-39-41-43-49(53)50-47(46-57-58(54,55)56-45-44-51(3,4)5)48(52)42-40-38-36-34-32-17-15-13-11-9-7-2/h11,13,18-19,21-22,24-25,32,34,40,42,47-48,52H,6-10,12,14-17,20,23,26-31,33,35-39,41,43-46H2,1-5H3,(H-,50,53,54,55)/p+1/b13-11+,19-18-,22-21-,25-24-,34-32+,42-40+. The van der Waals surface area contributed by atoms with E-state index in [-0.39, 0.29) is 19.1 Å². The Balaban J connectivity index is 4.29. The monoisotopic (exact) mass is 834 g/mol. The lowest BCUT2D eigenvalue weighted by Crippen LogP contribution is -2.45. The van der Waals surface area contributed by atoms with Gasteiger partial charge in [-0.05, 0) is 77.0 Å². The van der Waals surface area contributed by atoms with Gasteiger partial charge in [0.1, 0.15) is 13.2 Å². The molecule has 0 radical (unpaired) electrons. The van der Waals surface area contributed by atoms with Crippen molar-refractivity contribution in [3.8, 4) is 0 Å².